The number of hydrogen-bond acceptors (Lipinski definition) is 4. The summed E-state index contributed by atoms with van der Waals surface area (Å²) >= 11 is 0. The molecule has 1 N–H and O–H groups in total. The maximum atomic E-state index is 13.6. The second-order valence-electron chi connectivity index (χ2n) is 7.83. The molecule has 2 heterocycles. The molecule has 2 aromatic carbocycles. The van der Waals surface area contributed by atoms with Crippen LogP contribution in [0.2, 0.25) is 0 Å². The van der Waals surface area contributed by atoms with Crippen molar-refractivity contribution in [3.05, 3.63) is 88.0 Å². The van der Waals surface area contributed by atoms with Gasteiger partial charge in [-0.15, -0.1) is 5.10 Å². The zero-order valence-electron chi connectivity index (χ0n) is 17.4. The Morgan fingerprint density at radius 1 is 1.10 bits per heavy atom. The van der Waals surface area contributed by atoms with E-state index in [0.717, 1.165) is 11.1 Å². The fourth-order valence-corrected chi connectivity index (χ4v) is 3.87. The lowest BCUT2D eigenvalue weighted by Gasteiger charge is -2.32. The van der Waals surface area contributed by atoms with Gasteiger partial charge in [0.1, 0.15) is 11.6 Å². The summed E-state index contributed by atoms with van der Waals surface area (Å²) < 4.78 is 14.8. The lowest BCUT2D eigenvalue weighted by molar-refractivity contribution is -0.125. The van der Waals surface area contributed by atoms with Crippen LogP contribution in [0.1, 0.15) is 24.0 Å². The molecule has 0 atom stereocenters. The van der Waals surface area contributed by atoms with Gasteiger partial charge >= 0.3 is 0 Å². The molecule has 0 bridgehead atoms. The Morgan fingerprint density at radius 2 is 1.87 bits per heavy atom. The summed E-state index contributed by atoms with van der Waals surface area (Å²) in [6, 6.07) is 16.9. The molecule has 1 aliphatic rings. The number of benzene rings is 2. The van der Waals surface area contributed by atoms with Crippen molar-refractivity contribution in [2.45, 2.75) is 26.3 Å². The molecule has 7 heteroatoms. The number of aromatic nitrogens is 2. The van der Waals surface area contributed by atoms with E-state index in [0.29, 0.717) is 44.0 Å². The SMILES string of the molecule is Cc1ccccc1CNC(=O)C1CCN(c2ccc(=O)n(-c3cccc(F)c3)n2)CC1. The van der Waals surface area contributed by atoms with Gasteiger partial charge in [0.05, 0.1) is 5.69 Å². The highest BCUT2D eigenvalue weighted by molar-refractivity contribution is 5.79. The quantitative estimate of drug-likeness (QED) is 0.688. The van der Waals surface area contributed by atoms with Crippen molar-refractivity contribution >= 4 is 11.7 Å². The Morgan fingerprint density at radius 3 is 2.61 bits per heavy atom. The molecule has 1 saturated heterocycles. The van der Waals surface area contributed by atoms with Crippen LogP contribution >= 0.6 is 0 Å². The van der Waals surface area contributed by atoms with E-state index in [-0.39, 0.29) is 17.4 Å². The monoisotopic (exact) mass is 420 g/mol. The van der Waals surface area contributed by atoms with Crippen molar-refractivity contribution in [1.29, 1.82) is 0 Å². The van der Waals surface area contributed by atoms with Gasteiger partial charge in [0.25, 0.3) is 5.56 Å². The molecular weight excluding hydrogens is 395 g/mol. The number of anilines is 1. The minimum Gasteiger partial charge on any atom is -0.355 e. The van der Waals surface area contributed by atoms with Crippen molar-refractivity contribution < 1.29 is 9.18 Å². The third-order valence-corrected chi connectivity index (χ3v) is 5.74. The maximum absolute atomic E-state index is 13.6. The molecular formula is C24H25FN4O2. The summed E-state index contributed by atoms with van der Waals surface area (Å²) in [5, 5.41) is 7.48. The van der Waals surface area contributed by atoms with Crippen molar-refractivity contribution in [1.82, 2.24) is 15.1 Å². The number of hydrogen-bond donors (Lipinski definition) is 1. The molecule has 1 aliphatic heterocycles. The molecule has 31 heavy (non-hydrogen) atoms. The number of carbonyl (C=O) groups is 1. The van der Waals surface area contributed by atoms with Crippen molar-refractivity contribution in [2.24, 2.45) is 5.92 Å². The molecule has 1 fully saturated rings. The van der Waals surface area contributed by atoms with E-state index in [2.05, 4.69) is 15.3 Å². The van der Waals surface area contributed by atoms with Gasteiger partial charge in [-0.3, -0.25) is 9.59 Å². The number of rotatable bonds is 5. The normalized spacial score (nSPS) is 14.5. The van der Waals surface area contributed by atoms with E-state index < -0.39 is 5.82 Å². The zero-order chi connectivity index (χ0) is 21.8. The van der Waals surface area contributed by atoms with Crippen molar-refractivity contribution in [2.75, 3.05) is 18.0 Å². The van der Waals surface area contributed by atoms with Gasteiger partial charge in [0.2, 0.25) is 5.91 Å². The number of aryl methyl sites for hydroxylation is 1. The molecule has 1 amide bonds. The molecule has 160 valence electrons. The molecule has 4 rings (SSSR count). The number of amides is 1. The molecule has 1 aromatic heterocycles. The summed E-state index contributed by atoms with van der Waals surface area (Å²) in [6.45, 7) is 3.90. The van der Waals surface area contributed by atoms with Gasteiger partial charge in [-0.1, -0.05) is 30.3 Å². The summed E-state index contributed by atoms with van der Waals surface area (Å²) in [5.41, 5.74) is 2.35. The fraction of sp³-hybridized carbons (Fsp3) is 0.292. The third kappa shape index (κ3) is 4.82. The molecule has 0 saturated carbocycles. The Bertz CT molecular complexity index is 1140. The van der Waals surface area contributed by atoms with E-state index in [1.807, 2.05) is 31.2 Å². The van der Waals surface area contributed by atoms with Gasteiger partial charge in [-0.2, -0.15) is 4.68 Å². The molecule has 0 unspecified atom stereocenters. The van der Waals surface area contributed by atoms with E-state index in [4.69, 9.17) is 0 Å². The average molecular weight is 420 g/mol. The van der Waals surface area contributed by atoms with Gasteiger partial charge in [0.15, 0.2) is 0 Å². The summed E-state index contributed by atoms with van der Waals surface area (Å²) in [5.74, 6) is 0.242. The second kappa shape index (κ2) is 9.12. The number of carbonyl (C=O) groups excluding carboxylic acids is 1. The first-order valence-electron chi connectivity index (χ1n) is 10.4. The van der Waals surface area contributed by atoms with E-state index in [1.165, 1.54) is 22.9 Å². The fourth-order valence-electron chi connectivity index (χ4n) is 3.87. The van der Waals surface area contributed by atoms with Crippen LogP contribution in [0.25, 0.3) is 5.69 Å². The van der Waals surface area contributed by atoms with Crippen LogP contribution < -0.4 is 15.8 Å². The summed E-state index contributed by atoms with van der Waals surface area (Å²) in [7, 11) is 0. The number of piperidine rings is 1. The lowest BCUT2D eigenvalue weighted by Crippen LogP contribution is -2.41. The predicted octanol–water partition coefficient (Wildman–Crippen LogP) is 3.21. The van der Waals surface area contributed by atoms with Crippen molar-refractivity contribution in [3.8, 4) is 5.69 Å². The molecule has 0 radical (unpaired) electrons. The number of nitrogens with zero attached hydrogens (tertiary/aromatic N) is 3. The number of nitrogens with one attached hydrogen (secondary N) is 1. The largest absolute Gasteiger partial charge is 0.355 e. The predicted molar refractivity (Wildman–Crippen MR) is 118 cm³/mol. The van der Waals surface area contributed by atoms with Crippen LogP contribution in [0.15, 0.2) is 65.5 Å². The van der Waals surface area contributed by atoms with Crippen LogP contribution in [0.4, 0.5) is 10.2 Å². The summed E-state index contributed by atoms with van der Waals surface area (Å²) in [4.78, 5) is 26.9. The topological polar surface area (TPSA) is 67.2 Å². The van der Waals surface area contributed by atoms with Crippen LogP contribution in [-0.2, 0) is 11.3 Å². The Hall–Kier alpha value is -3.48. The second-order valence-corrected chi connectivity index (χ2v) is 7.83. The van der Waals surface area contributed by atoms with Gasteiger partial charge in [-0.25, -0.2) is 4.39 Å². The van der Waals surface area contributed by atoms with Crippen LogP contribution in [0, 0.1) is 18.7 Å². The Balaban J connectivity index is 1.38. The molecule has 0 spiro atoms. The van der Waals surface area contributed by atoms with Gasteiger partial charge in [0, 0.05) is 31.6 Å². The first-order valence-corrected chi connectivity index (χ1v) is 10.4. The van der Waals surface area contributed by atoms with E-state index >= 15 is 0 Å². The maximum Gasteiger partial charge on any atom is 0.271 e. The van der Waals surface area contributed by atoms with Crippen LogP contribution in [-0.4, -0.2) is 28.8 Å². The smallest absolute Gasteiger partial charge is 0.271 e. The van der Waals surface area contributed by atoms with Crippen molar-refractivity contribution in [3.63, 3.8) is 0 Å². The first kappa shape index (κ1) is 20.8. The zero-order valence-corrected chi connectivity index (χ0v) is 17.4. The molecule has 6 nitrogen and oxygen atoms in total. The van der Waals surface area contributed by atoms with Gasteiger partial charge in [-0.05, 0) is 55.2 Å². The lowest BCUT2D eigenvalue weighted by atomic mass is 9.95. The highest BCUT2D eigenvalue weighted by Crippen LogP contribution is 2.22. The van der Waals surface area contributed by atoms with Gasteiger partial charge < -0.3 is 10.2 Å². The minimum absolute atomic E-state index is 0.0469. The Labute approximate surface area is 180 Å². The first-order chi connectivity index (χ1) is 15.0. The third-order valence-electron chi connectivity index (χ3n) is 5.74. The highest BCUT2D eigenvalue weighted by Gasteiger charge is 2.26. The van der Waals surface area contributed by atoms with Crippen LogP contribution in [0.5, 0.6) is 0 Å². The number of halogens is 1. The minimum atomic E-state index is -0.422. The Kier molecular flexibility index (Phi) is 6.11. The van der Waals surface area contributed by atoms with E-state index in [9.17, 15) is 14.0 Å². The standard InChI is InChI=1S/C24H25FN4O2/c1-17-5-2-3-6-19(17)16-26-24(31)18-11-13-28(14-12-18)22-9-10-23(30)29(27-22)21-8-4-7-20(25)15-21/h2-10,15,18H,11-14,16H2,1H3,(H,26,31). The highest BCUT2D eigenvalue weighted by atomic mass is 19.1. The molecule has 3 aromatic rings. The average Bonchev–Trinajstić information content (AvgIpc) is 2.79. The summed E-state index contributed by atoms with van der Waals surface area (Å²) in [6.07, 6.45) is 1.42. The molecule has 0 aliphatic carbocycles. The van der Waals surface area contributed by atoms with Crippen LogP contribution in [0.3, 0.4) is 0 Å². The van der Waals surface area contributed by atoms with E-state index in [1.54, 1.807) is 18.2 Å².